The van der Waals surface area contributed by atoms with E-state index in [0.717, 1.165) is 11.1 Å². The number of benzene rings is 2. The number of carbonyl (C=O) groups excluding carboxylic acids is 1. The first-order valence-corrected chi connectivity index (χ1v) is 8.72. The summed E-state index contributed by atoms with van der Waals surface area (Å²) in [6, 6.07) is 13.7. The van der Waals surface area contributed by atoms with E-state index in [2.05, 4.69) is 5.32 Å². The van der Waals surface area contributed by atoms with Gasteiger partial charge in [-0.3, -0.25) is 0 Å². The molecule has 0 aliphatic heterocycles. The van der Waals surface area contributed by atoms with Crippen molar-refractivity contribution in [3.63, 3.8) is 0 Å². The molecule has 0 fully saturated rings. The highest BCUT2D eigenvalue weighted by atomic mass is 35.5. The van der Waals surface area contributed by atoms with Gasteiger partial charge < -0.3 is 20.5 Å². The van der Waals surface area contributed by atoms with Crippen LogP contribution in [0.2, 0.25) is 5.02 Å². The summed E-state index contributed by atoms with van der Waals surface area (Å²) < 4.78 is 10.7. The molecule has 0 radical (unpaired) electrons. The SMILES string of the molecule is COc1cccc([C@H](N)[C@H](NC(=O)OC(C)(C)C)c2ccc(Cl)cc2)c1. The molecular formula is C20H25ClN2O3. The lowest BCUT2D eigenvalue weighted by atomic mass is 9.94. The Balaban J connectivity index is 2.32. The Morgan fingerprint density at radius 2 is 1.77 bits per heavy atom. The molecule has 0 saturated heterocycles. The summed E-state index contributed by atoms with van der Waals surface area (Å²) in [4.78, 5) is 12.3. The van der Waals surface area contributed by atoms with Gasteiger partial charge >= 0.3 is 6.09 Å². The Hall–Kier alpha value is -2.24. The Bertz CT molecular complexity index is 741. The van der Waals surface area contributed by atoms with Crippen molar-refractivity contribution in [1.29, 1.82) is 0 Å². The second kappa shape index (κ2) is 8.43. The molecule has 0 aliphatic carbocycles. The Labute approximate surface area is 159 Å². The lowest BCUT2D eigenvalue weighted by Gasteiger charge is -2.28. The molecule has 0 saturated carbocycles. The van der Waals surface area contributed by atoms with Gasteiger partial charge in [-0.05, 0) is 56.2 Å². The van der Waals surface area contributed by atoms with Crippen LogP contribution in [-0.4, -0.2) is 18.8 Å². The molecule has 140 valence electrons. The number of amides is 1. The van der Waals surface area contributed by atoms with Gasteiger partial charge in [0.15, 0.2) is 0 Å². The highest BCUT2D eigenvalue weighted by molar-refractivity contribution is 6.30. The van der Waals surface area contributed by atoms with Gasteiger partial charge in [0.25, 0.3) is 0 Å². The summed E-state index contributed by atoms with van der Waals surface area (Å²) in [5, 5.41) is 3.49. The van der Waals surface area contributed by atoms with E-state index in [4.69, 9.17) is 26.8 Å². The maximum atomic E-state index is 12.3. The molecule has 2 aromatic rings. The largest absolute Gasteiger partial charge is 0.497 e. The minimum absolute atomic E-state index is 0.491. The third-order valence-corrected chi connectivity index (χ3v) is 3.99. The van der Waals surface area contributed by atoms with Crippen molar-refractivity contribution in [2.45, 2.75) is 38.5 Å². The molecule has 0 heterocycles. The molecular weight excluding hydrogens is 352 g/mol. The van der Waals surface area contributed by atoms with E-state index in [1.807, 2.05) is 57.2 Å². The Morgan fingerprint density at radius 3 is 2.35 bits per heavy atom. The summed E-state index contributed by atoms with van der Waals surface area (Å²) in [5.74, 6) is 0.699. The molecule has 2 atom stereocenters. The zero-order valence-electron chi connectivity index (χ0n) is 15.5. The highest BCUT2D eigenvalue weighted by Gasteiger charge is 2.26. The number of nitrogens with two attached hydrogens (primary N) is 1. The molecule has 2 rings (SSSR count). The predicted octanol–water partition coefficient (Wildman–Crippen LogP) is 4.61. The number of hydrogen-bond donors (Lipinski definition) is 2. The van der Waals surface area contributed by atoms with E-state index in [1.54, 1.807) is 19.2 Å². The van der Waals surface area contributed by atoms with Gasteiger partial charge in [-0.15, -0.1) is 0 Å². The lowest BCUT2D eigenvalue weighted by molar-refractivity contribution is 0.0495. The molecule has 3 N–H and O–H groups in total. The molecule has 0 bridgehead atoms. The van der Waals surface area contributed by atoms with Crippen molar-refractivity contribution in [2.75, 3.05) is 7.11 Å². The van der Waals surface area contributed by atoms with Crippen LogP contribution in [0, 0.1) is 0 Å². The van der Waals surface area contributed by atoms with E-state index in [9.17, 15) is 4.79 Å². The Morgan fingerprint density at radius 1 is 1.12 bits per heavy atom. The van der Waals surface area contributed by atoms with Crippen LogP contribution in [0.1, 0.15) is 44.0 Å². The van der Waals surface area contributed by atoms with Gasteiger partial charge in [-0.25, -0.2) is 4.79 Å². The van der Waals surface area contributed by atoms with Crippen LogP contribution < -0.4 is 15.8 Å². The average Bonchev–Trinajstić information content (AvgIpc) is 2.58. The van der Waals surface area contributed by atoms with E-state index >= 15 is 0 Å². The number of rotatable bonds is 5. The number of alkyl carbamates (subject to hydrolysis) is 1. The smallest absolute Gasteiger partial charge is 0.408 e. The van der Waals surface area contributed by atoms with Crippen molar-refractivity contribution in [1.82, 2.24) is 5.32 Å². The first kappa shape index (κ1) is 20.1. The van der Waals surface area contributed by atoms with Crippen LogP contribution >= 0.6 is 11.6 Å². The van der Waals surface area contributed by atoms with Gasteiger partial charge in [-0.2, -0.15) is 0 Å². The van der Waals surface area contributed by atoms with Crippen LogP contribution in [0.15, 0.2) is 48.5 Å². The minimum atomic E-state index is -0.602. The molecule has 6 heteroatoms. The summed E-state index contributed by atoms with van der Waals surface area (Å²) >= 11 is 5.99. The second-order valence-corrected chi connectivity index (χ2v) is 7.41. The van der Waals surface area contributed by atoms with Crippen LogP contribution in [-0.2, 0) is 4.74 Å². The second-order valence-electron chi connectivity index (χ2n) is 6.98. The van der Waals surface area contributed by atoms with Crippen LogP contribution in [0.3, 0.4) is 0 Å². The number of ether oxygens (including phenoxy) is 2. The maximum absolute atomic E-state index is 12.3. The molecule has 0 spiro atoms. The standard InChI is InChI=1S/C20H25ClN2O3/c1-20(2,3)26-19(24)23-18(13-8-10-15(21)11-9-13)17(22)14-6-5-7-16(12-14)25-4/h5-12,17-18H,22H2,1-4H3,(H,23,24)/t17-,18+/m0/s1. The van der Waals surface area contributed by atoms with E-state index < -0.39 is 23.8 Å². The van der Waals surface area contributed by atoms with Crippen molar-refractivity contribution >= 4 is 17.7 Å². The van der Waals surface area contributed by atoms with E-state index in [-0.39, 0.29) is 0 Å². The van der Waals surface area contributed by atoms with Gasteiger partial charge in [0.1, 0.15) is 11.4 Å². The van der Waals surface area contributed by atoms with Crippen LogP contribution in [0.5, 0.6) is 5.75 Å². The highest BCUT2D eigenvalue weighted by Crippen LogP contribution is 2.30. The van der Waals surface area contributed by atoms with Crippen molar-refractivity contribution in [3.8, 4) is 5.75 Å². The van der Waals surface area contributed by atoms with Crippen molar-refractivity contribution in [3.05, 3.63) is 64.7 Å². The zero-order chi connectivity index (χ0) is 19.3. The third-order valence-electron chi connectivity index (χ3n) is 3.74. The average molecular weight is 377 g/mol. The van der Waals surface area contributed by atoms with E-state index in [1.165, 1.54) is 0 Å². The molecule has 1 amide bonds. The molecule has 0 aromatic heterocycles. The first-order chi connectivity index (χ1) is 12.2. The summed E-state index contributed by atoms with van der Waals surface area (Å²) in [5.41, 5.74) is 7.55. The quantitative estimate of drug-likeness (QED) is 0.798. The summed E-state index contributed by atoms with van der Waals surface area (Å²) in [6.45, 7) is 5.43. The van der Waals surface area contributed by atoms with Gasteiger partial charge in [0.05, 0.1) is 19.2 Å². The molecule has 5 nitrogen and oxygen atoms in total. The number of carbonyl (C=O) groups is 1. The van der Waals surface area contributed by atoms with Crippen LogP contribution in [0.4, 0.5) is 4.79 Å². The third kappa shape index (κ3) is 5.64. The molecule has 0 aliphatic rings. The predicted molar refractivity (Wildman–Crippen MR) is 103 cm³/mol. The number of nitrogens with one attached hydrogen (secondary N) is 1. The fraction of sp³-hybridized carbons (Fsp3) is 0.350. The summed E-state index contributed by atoms with van der Waals surface area (Å²) in [7, 11) is 1.60. The number of hydrogen-bond acceptors (Lipinski definition) is 4. The number of methoxy groups -OCH3 is 1. The minimum Gasteiger partial charge on any atom is -0.497 e. The Kier molecular flexibility index (Phi) is 6.51. The van der Waals surface area contributed by atoms with Crippen molar-refractivity contribution in [2.24, 2.45) is 5.73 Å². The topological polar surface area (TPSA) is 73.6 Å². The molecule has 0 unspecified atom stereocenters. The van der Waals surface area contributed by atoms with Gasteiger partial charge in [0.2, 0.25) is 0 Å². The first-order valence-electron chi connectivity index (χ1n) is 8.34. The fourth-order valence-electron chi connectivity index (χ4n) is 2.53. The summed E-state index contributed by atoms with van der Waals surface area (Å²) in [6.07, 6.45) is -0.532. The molecule has 26 heavy (non-hydrogen) atoms. The van der Waals surface area contributed by atoms with Gasteiger partial charge in [-0.1, -0.05) is 35.9 Å². The normalized spacial score (nSPS) is 13.6. The lowest BCUT2D eigenvalue weighted by Crippen LogP contribution is -2.39. The zero-order valence-corrected chi connectivity index (χ0v) is 16.2. The van der Waals surface area contributed by atoms with Gasteiger partial charge in [0, 0.05) is 5.02 Å². The van der Waals surface area contributed by atoms with Crippen LogP contribution in [0.25, 0.3) is 0 Å². The number of halogens is 1. The van der Waals surface area contributed by atoms with E-state index in [0.29, 0.717) is 10.8 Å². The molecule has 2 aromatic carbocycles. The fourth-order valence-corrected chi connectivity index (χ4v) is 2.65. The monoisotopic (exact) mass is 376 g/mol. The van der Waals surface area contributed by atoms with Crippen molar-refractivity contribution < 1.29 is 14.3 Å². The maximum Gasteiger partial charge on any atom is 0.408 e.